The smallest absolute Gasteiger partial charge is 0.335 e. The number of nitrogens with zero attached hydrogens (tertiary/aromatic N) is 2. The third kappa shape index (κ3) is 1.73. The molecule has 19 heavy (non-hydrogen) atoms. The van der Waals surface area contributed by atoms with E-state index in [2.05, 4.69) is 0 Å². The average Bonchev–Trinajstić information content (AvgIpc) is 2.73. The predicted molar refractivity (Wildman–Crippen MR) is 74.9 cm³/mol. The second-order valence-electron chi connectivity index (χ2n) is 4.39. The SMILES string of the molecule is CCn1cc(O)n(-c2cccc3ccccc23)c1=O. The van der Waals surface area contributed by atoms with Crippen LogP contribution in [-0.2, 0) is 6.54 Å². The lowest BCUT2D eigenvalue weighted by Crippen LogP contribution is -2.22. The van der Waals surface area contributed by atoms with Gasteiger partial charge in [-0.25, -0.2) is 9.36 Å². The van der Waals surface area contributed by atoms with Gasteiger partial charge in [-0.2, -0.15) is 0 Å². The van der Waals surface area contributed by atoms with Crippen LogP contribution in [0, 0.1) is 0 Å². The Morgan fingerprint density at radius 2 is 1.84 bits per heavy atom. The zero-order chi connectivity index (χ0) is 13.4. The highest BCUT2D eigenvalue weighted by atomic mass is 16.3. The predicted octanol–water partition coefficient (Wildman–Crippen LogP) is 2.52. The first kappa shape index (κ1) is 11.6. The lowest BCUT2D eigenvalue weighted by molar-refractivity contribution is 0.441. The van der Waals surface area contributed by atoms with Crippen molar-refractivity contribution in [2.45, 2.75) is 13.5 Å². The van der Waals surface area contributed by atoms with Crippen molar-refractivity contribution in [1.82, 2.24) is 9.13 Å². The maximum absolute atomic E-state index is 12.2. The van der Waals surface area contributed by atoms with Gasteiger partial charge >= 0.3 is 5.69 Å². The van der Waals surface area contributed by atoms with Gasteiger partial charge in [0.1, 0.15) is 0 Å². The lowest BCUT2D eigenvalue weighted by atomic mass is 10.1. The van der Waals surface area contributed by atoms with Crippen molar-refractivity contribution in [3.8, 4) is 11.6 Å². The molecule has 96 valence electrons. The van der Waals surface area contributed by atoms with Gasteiger partial charge < -0.3 is 5.11 Å². The molecule has 0 aliphatic heterocycles. The van der Waals surface area contributed by atoms with Crippen molar-refractivity contribution in [1.29, 1.82) is 0 Å². The second kappa shape index (κ2) is 4.31. The zero-order valence-electron chi connectivity index (χ0n) is 10.6. The first-order valence-corrected chi connectivity index (χ1v) is 6.21. The van der Waals surface area contributed by atoms with Crippen molar-refractivity contribution < 1.29 is 5.11 Å². The van der Waals surface area contributed by atoms with Crippen molar-refractivity contribution in [2.24, 2.45) is 0 Å². The molecule has 1 heterocycles. The van der Waals surface area contributed by atoms with Gasteiger partial charge in [0.2, 0.25) is 5.88 Å². The van der Waals surface area contributed by atoms with Gasteiger partial charge in [0.25, 0.3) is 0 Å². The van der Waals surface area contributed by atoms with E-state index in [1.54, 1.807) is 0 Å². The van der Waals surface area contributed by atoms with Crippen molar-refractivity contribution in [3.05, 3.63) is 59.1 Å². The lowest BCUT2D eigenvalue weighted by Gasteiger charge is -2.07. The summed E-state index contributed by atoms with van der Waals surface area (Å²) in [6, 6.07) is 13.5. The van der Waals surface area contributed by atoms with Gasteiger partial charge in [-0.05, 0) is 18.4 Å². The van der Waals surface area contributed by atoms with Crippen molar-refractivity contribution in [2.75, 3.05) is 0 Å². The van der Waals surface area contributed by atoms with Gasteiger partial charge in [0.15, 0.2) is 0 Å². The van der Waals surface area contributed by atoms with Gasteiger partial charge in [0, 0.05) is 11.9 Å². The molecular formula is C15H14N2O2. The third-order valence-electron chi connectivity index (χ3n) is 3.29. The highest BCUT2D eigenvalue weighted by Crippen LogP contribution is 2.24. The van der Waals surface area contributed by atoms with Gasteiger partial charge in [0.05, 0.1) is 11.9 Å². The van der Waals surface area contributed by atoms with E-state index in [-0.39, 0.29) is 11.6 Å². The van der Waals surface area contributed by atoms with Crippen LogP contribution in [0.15, 0.2) is 53.5 Å². The minimum atomic E-state index is -0.226. The van der Waals surface area contributed by atoms with Crippen molar-refractivity contribution >= 4 is 10.8 Å². The summed E-state index contributed by atoms with van der Waals surface area (Å²) < 4.78 is 2.82. The number of fused-ring (bicyclic) bond motifs is 1. The zero-order valence-corrected chi connectivity index (χ0v) is 10.6. The number of imidazole rings is 1. The topological polar surface area (TPSA) is 47.2 Å². The van der Waals surface area contributed by atoms with Crippen LogP contribution in [0.4, 0.5) is 0 Å². The van der Waals surface area contributed by atoms with E-state index in [9.17, 15) is 9.90 Å². The molecule has 0 spiro atoms. The summed E-state index contributed by atoms with van der Waals surface area (Å²) in [5.41, 5.74) is 0.476. The number of hydrogen-bond acceptors (Lipinski definition) is 2. The molecule has 0 aliphatic rings. The van der Waals surface area contributed by atoms with Crippen molar-refractivity contribution in [3.63, 3.8) is 0 Å². The van der Waals surface area contributed by atoms with Crippen LogP contribution in [0.25, 0.3) is 16.5 Å². The van der Waals surface area contributed by atoms with E-state index in [1.807, 2.05) is 49.4 Å². The number of benzene rings is 2. The molecule has 2 aromatic carbocycles. The Bertz CT molecular complexity index is 794. The Kier molecular flexibility index (Phi) is 2.63. The highest BCUT2D eigenvalue weighted by molar-refractivity contribution is 5.90. The van der Waals surface area contributed by atoms with Gasteiger partial charge in [-0.15, -0.1) is 0 Å². The average molecular weight is 254 g/mol. The monoisotopic (exact) mass is 254 g/mol. The molecule has 0 saturated heterocycles. The second-order valence-corrected chi connectivity index (χ2v) is 4.39. The molecule has 3 rings (SSSR count). The van der Waals surface area contributed by atoms with Crippen LogP contribution in [0.2, 0.25) is 0 Å². The molecule has 0 aliphatic carbocycles. The number of rotatable bonds is 2. The van der Waals surface area contributed by atoms with Crippen LogP contribution in [-0.4, -0.2) is 14.2 Å². The molecule has 0 saturated carbocycles. The van der Waals surface area contributed by atoms with E-state index < -0.39 is 0 Å². The summed E-state index contributed by atoms with van der Waals surface area (Å²) in [6.45, 7) is 2.40. The molecule has 0 fully saturated rings. The Balaban J connectivity index is 2.37. The van der Waals surface area contributed by atoms with Crippen LogP contribution < -0.4 is 5.69 Å². The summed E-state index contributed by atoms with van der Waals surface area (Å²) >= 11 is 0. The minimum Gasteiger partial charge on any atom is -0.493 e. The summed E-state index contributed by atoms with van der Waals surface area (Å²) in [4.78, 5) is 12.2. The summed E-state index contributed by atoms with van der Waals surface area (Å²) in [5, 5.41) is 12.0. The molecule has 4 nitrogen and oxygen atoms in total. The minimum absolute atomic E-state index is 0.0387. The fraction of sp³-hybridized carbons (Fsp3) is 0.133. The van der Waals surface area contributed by atoms with E-state index in [0.29, 0.717) is 12.2 Å². The largest absolute Gasteiger partial charge is 0.493 e. The van der Waals surface area contributed by atoms with Crippen LogP contribution in [0.5, 0.6) is 5.88 Å². The molecule has 1 aromatic heterocycles. The standard InChI is InChI=1S/C15H14N2O2/c1-2-16-10-14(18)17(15(16)19)13-9-5-7-11-6-3-4-8-12(11)13/h3-10,18H,2H2,1H3. The summed E-state index contributed by atoms with van der Waals surface area (Å²) in [7, 11) is 0. The van der Waals surface area contributed by atoms with Crippen LogP contribution >= 0.6 is 0 Å². The number of hydrogen-bond donors (Lipinski definition) is 1. The van der Waals surface area contributed by atoms with Crippen LogP contribution in [0.3, 0.4) is 0 Å². The Labute approximate surface area is 110 Å². The Morgan fingerprint density at radius 1 is 1.11 bits per heavy atom. The number of aromatic hydroxyl groups is 1. The molecular weight excluding hydrogens is 240 g/mol. The molecule has 0 amide bonds. The van der Waals surface area contributed by atoms with E-state index >= 15 is 0 Å². The molecule has 0 bridgehead atoms. The highest BCUT2D eigenvalue weighted by Gasteiger charge is 2.13. The number of aryl methyl sites for hydroxylation is 1. The molecule has 0 atom stereocenters. The maximum atomic E-state index is 12.2. The first-order valence-electron chi connectivity index (χ1n) is 6.21. The van der Waals surface area contributed by atoms with Gasteiger partial charge in [-0.3, -0.25) is 4.57 Å². The maximum Gasteiger partial charge on any atom is 0.335 e. The summed E-state index contributed by atoms with van der Waals surface area (Å²) in [5.74, 6) is -0.0387. The molecule has 0 radical (unpaired) electrons. The van der Waals surface area contributed by atoms with Gasteiger partial charge in [-0.1, -0.05) is 36.4 Å². The first-order chi connectivity index (χ1) is 9.22. The Morgan fingerprint density at radius 3 is 2.58 bits per heavy atom. The van der Waals surface area contributed by atoms with E-state index in [0.717, 1.165) is 10.8 Å². The molecule has 1 N–H and O–H groups in total. The quantitative estimate of drug-likeness (QED) is 0.763. The van der Waals surface area contributed by atoms with Crippen LogP contribution in [0.1, 0.15) is 6.92 Å². The third-order valence-corrected chi connectivity index (χ3v) is 3.29. The van der Waals surface area contributed by atoms with E-state index in [4.69, 9.17) is 0 Å². The fourth-order valence-electron chi connectivity index (χ4n) is 2.34. The normalized spacial score (nSPS) is 11.0. The molecule has 3 aromatic rings. The molecule has 0 unspecified atom stereocenters. The van der Waals surface area contributed by atoms with E-state index in [1.165, 1.54) is 15.3 Å². The summed E-state index contributed by atoms with van der Waals surface area (Å²) in [6.07, 6.45) is 1.46. The number of aromatic nitrogens is 2. The Hall–Kier alpha value is -2.49. The molecule has 4 heteroatoms. The fourth-order valence-corrected chi connectivity index (χ4v) is 2.34.